The molecule has 0 unspecified atom stereocenters. The van der Waals surface area contributed by atoms with Crippen LogP contribution in [0.15, 0.2) is 42.5 Å². The Bertz CT molecular complexity index is 647. The van der Waals surface area contributed by atoms with Crippen LogP contribution in [0, 0.1) is 0 Å². The van der Waals surface area contributed by atoms with Crippen LogP contribution in [0.3, 0.4) is 0 Å². The summed E-state index contributed by atoms with van der Waals surface area (Å²) in [5, 5.41) is 9.06. The predicted octanol–water partition coefficient (Wildman–Crippen LogP) is 5.02. The standard InChI is InChI=1S/C20H25NO2S/c22-20(23)13-14-21(17-9-5-2-6-10-17)15-18-11-12-19(24-18)16-7-3-1-4-8-16/h1,3-4,7-8,11-12,17H,2,5-6,9-10,13-15H2,(H,22,23). The van der Waals surface area contributed by atoms with Crippen LogP contribution in [0.4, 0.5) is 0 Å². The van der Waals surface area contributed by atoms with E-state index in [4.69, 9.17) is 5.11 Å². The molecular weight excluding hydrogens is 318 g/mol. The first-order valence-corrected chi connectivity index (χ1v) is 9.64. The highest BCUT2D eigenvalue weighted by atomic mass is 32.1. The monoisotopic (exact) mass is 343 g/mol. The summed E-state index contributed by atoms with van der Waals surface area (Å²) in [7, 11) is 0. The summed E-state index contributed by atoms with van der Waals surface area (Å²) < 4.78 is 0. The van der Waals surface area contributed by atoms with Gasteiger partial charge in [-0.15, -0.1) is 11.3 Å². The Morgan fingerprint density at radius 2 is 1.83 bits per heavy atom. The van der Waals surface area contributed by atoms with Crippen LogP contribution >= 0.6 is 11.3 Å². The number of aliphatic carboxylic acids is 1. The van der Waals surface area contributed by atoms with Crippen molar-refractivity contribution in [2.75, 3.05) is 6.54 Å². The molecular formula is C20H25NO2S. The van der Waals surface area contributed by atoms with Gasteiger partial charge in [-0.1, -0.05) is 49.6 Å². The van der Waals surface area contributed by atoms with Gasteiger partial charge in [0.1, 0.15) is 0 Å². The van der Waals surface area contributed by atoms with Crippen molar-refractivity contribution in [3.63, 3.8) is 0 Å². The molecule has 0 bridgehead atoms. The van der Waals surface area contributed by atoms with E-state index in [1.807, 2.05) is 17.4 Å². The molecule has 1 heterocycles. The summed E-state index contributed by atoms with van der Waals surface area (Å²) in [6.45, 7) is 1.52. The van der Waals surface area contributed by atoms with Crippen molar-refractivity contribution in [3.05, 3.63) is 47.3 Å². The van der Waals surface area contributed by atoms with Gasteiger partial charge in [-0.25, -0.2) is 0 Å². The van der Waals surface area contributed by atoms with Crippen molar-refractivity contribution in [1.29, 1.82) is 0 Å². The molecule has 3 nitrogen and oxygen atoms in total. The lowest BCUT2D eigenvalue weighted by molar-refractivity contribution is -0.137. The van der Waals surface area contributed by atoms with E-state index in [1.165, 1.54) is 47.4 Å². The topological polar surface area (TPSA) is 40.5 Å². The first-order valence-electron chi connectivity index (χ1n) is 8.82. The second-order valence-corrected chi connectivity index (χ2v) is 7.71. The van der Waals surface area contributed by atoms with Crippen molar-refractivity contribution in [3.8, 4) is 10.4 Å². The highest BCUT2D eigenvalue weighted by molar-refractivity contribution is 7.15. The molecule has 0 atom stereocenters. The van der Waals surface area contributed by atoms with Crippen LogP contribution in [-0.4, -0.2) is 28.6 Å². The van der Waals surface area contributed by atoms with Gasteiger partial charge in [-0.05, 0) is 30.5 Å². The van der Waals surface area contributed by atoms with E-state index in [2.05, 4.69) is 41.3 Å². The van der Waals surface area contributed by atoms with Crippen LogP contribution in [-0.2, 0) is 11.3 Å². The van der Waals surface area contributed by atoms with Crippen LogP contribution in [0.2, 0.25) is 0 Å². The zero-order chi connectivity index (χ0) is 16.8. The van der Waals surface area contributed by atoms with Crippen molar-refractivity contribution in [2.45, 2.75) is 51.1 Å². The van der Waals surface area contributed by atoms with Crippen molar-refractivity contribution in [1.82, 2.24) is 4.90 Å². The molecule has 1 aliphatic carbocycles. The molecule has 1 aliphatic rings. The Kier molecular flexibility index (Phi) is 6.05. The molecule has 1 N–H and O–H groups in total. The first kappa shape index (κ1) is 17.2. The van der Waals surface area contributed by atoms with Gasteiger partial charge in [0.15, 0.2) is 0 Å². The third-order valence-electron chi connectivity index (χ3n) is 4.78. The molecule has 2 aromatic rings. The fraction of sp³-hybridized carbons (Fsp3) is 0.450. The highest BCUT2D eigenvalue weighted by Gasteiger charge is 2.22. The highest BCUT2D eigenvalue weighted by Crippen LogP contribution is 2.30. The summed E-state index contributed by atoms with van der Waals surface area (Å²) in [6, 6.07) is 15.4. The Hall–Kier alpha value is -1.65. The van der Waals surface area contributed by atoms with Gasteiger partial charge >= 0.3 is 5.97 Å². The molecule has 0 amide bonds. The van der Waals surface area contributed by atoms with Gasteiger partial charge in [-0.3, -0.25) is 9.69 Å². The van der Waals surface area contributed by atoms with E-state index in [0.717, 1.165) is 6.54 Å². The van der Waals surface area contributed by atoms with Crippen molar-refractivity contribution < 1.29 is 9.90 Å². The molecule has 0 saturated heterocycles. The van der Waals surface area contributed by atoms with Gasteiger partial charge < -0.3 is 5.11 Å². The minimum Gasteiger partial charge on any atom is -0.481 e. The van der Waals surface area contributed by atoms with Gasteiger partial charge in [0.2, 0.25) is 0 Å². The maximum atomic E-state index is 11.0. The lowest BCUT2D eigenvalue weighted by Crippen LogP contribution is -2.37. The van der Waals surface area contributed by atoms with Gasteiger partial charge in [0, 0.05) is 28.9 Å². The first-order chi connectivity index (χ1) is 11.7. The number of thiophene rings is 1. The summed E-state index contributed by atoms with van der Waals surface area (Å²) in [5.74, 6) is -0.702. The Balaban J connectivity index is 1.69. The second kappa shape index (κ2) is 8.45. The molecule has 1 saturated carbocycles. The number of carboxylic acids is 1. The predicted molar refractivity (Wildman–Crippen MR) is 99.3 cm³/mol. The summed E-state index contributed by atoms with van der Waals surface area (Å²) >= 11 is 1.82. The summed E-state index contributed by atoms with van der Waals surface area (Å²) in [4.78, 5) is 16.0. The van der Waals surface area contributed by atoms with Crippen LogP contribution in [0.5, 0.6) is 0 Å². The maximum Gasteiger partial charge on any atom is 0.304 e. The smallest absolute Gasteiger partial charge is 0.304 e. The largest absolute Gasteiger partial charge is 0.481 e. The van der Waals surface area contributed by atoms with E-state index >= 15 is 0 Å². The minimum absolute atomic E-state index is 0.230. The number of hydrogen-bond acceptors (Lipinski definition) is 3. The lowest BCUT2D eigenvalue weighted by Gasteiger charge is -2.33. The molecule has 1 aromatic carbocycles. The molecule has 1 aromatic heterocycles. The van der Waals surface area contributed by atoms with Gasteiger partial charge in [0.05, 0.1) is 6.42 Å². The summed E-state index contributed by atoms with van der Waals surface area (Å²) in [6.07, 6.45) is 6.50. The van der Waals surface area contributed by atoms with E-state index < -0.39 is 5.97 Å². The number of nitrogens with zero attached hydrogens (tertiary/aromatic N) is 1. The molecule has 0 aliphatic heterocycles. The molecule has 1 fully saturated rings. The minimum atomic E-state index is -0.702. The SMILES string of the molecule is O=C(O)CCN(Cc1ccc(-c2ccccc2)s1)C1CCCCC1. The average Bonchev–Trinajstić information content (AvgIpc) is 3.08. The molecule has 24 heavy (non-hydrogen) atoms. The molecule has 4 heteroatoms. The zero-order valence-corrected chi connectivity index (χ0v) is 14.8. The normalized spacial score (nSPS) is 15.7. The molecule has 3 rings (SSSR count). The number of hydrogen-bond donors (Lipinski definition) is 1. The van der Waals surface area contributed by atoms with E-state index in [-0.39, 0.29) is 6.42 Å². The fourth-order valence-electron chi connectivity index (χ4n) is 3.50. The van der Waals surface area contributed by atoms with Crippen molar-refractivity contribution in [2.24, 2.45) is 0 Å². The number of benzene rings is 1. The third-order valence-corrected chi connectivity index (χ3v) is 5.90. The second-order valence-electron chi connectivity index (χ2n) is 6.54. The number of rotatable bonds is 7. The fourth-order valence-corrected chi connectivity index (χ4v) is 4.54. The van der Waals surface area contributed by atoms with Crippen molar-refractivity contribution >= 4 is 17.3 Å². The quantitative estimate of drug-likeness (QED) is 0.767. The Labute approximate surface area is 147 Å². The van der Waals surface area contributed by atoms with E-state index in [0.29, 0.717) is 12.6 Å². The van der Waals surface area contributed by atoms with Gasteiger partial charge in [0.25, 0.3) is 0 Å². The average molecular weight is 343 g/mol. The van der Waals surface area contributed by atoms with E-state index in [1.54, 1.807) is 0 Å². The molecule has 128 valence electrons. The third kappa shape index (κ3) is 4.68. The Morgan fingerprint density at radius 3 is 2.54 bits per heavy atom. The van der Waals surface area contributed by atoms with Crippen LogP contribution in [0.25, 0.3) is 10.4 Å². The maximum absolute atomic E-state index is 11.0. The lowest BCUT2D eigenvalue weighted by atomic mass is 9.94. The van der Waals surface area contributed by atoms with Crippen LogP contribution < -0.4 is 0 Å². The van der Waals surface area contributed by atoms with E-state index in [9.17, 15) is 4.79 Å². The Morgan fingerprint density at radius 1 is 1.08 bits per heavy atom. The zero-order valence-electron chi connectivity index (χ0n) is 14.0. The molecule has 0 spiro atoms. The summed E-state index contributed by atoms with van der Waals surface area (Å²) in [5.41, 5.74) is 1.25. The van der Waals surface area contributed by atoms with Gasteiger partial charge in [-0.2, -0.15) is 0 Å². The number of carboxylic acid groups (broad SMARTS) is 1. The number of carbonyl (C=O) groups is 1. The van der Waals surface area contributed by atoms with Crippen LogP contribution in [0.1, 0.15) is 43.4 Å². The molecule has 0 radical (unpaired) electrons.